The van der Waals surface area contributed by atoms with Crippen LogP contribution >= 0.6 is 0 Å². The molecule has 0 aliphatic rings. The Morgan fingerprint density at radius 1 is 1.36 bits per heavy atom. The van der Waals surface area contributed by atoms with Gasteiger partial charge in [-0.05, 0) is 6.07 Å². The van der Waals surface area contributed by atoms with Crippen LogP contribution < -0.4 is 0 Å². The Hall–Kier alpha value is -1.58. The Balaban J connectivity index is 3.19. The van der Waals surface area contributed by atoms with Crippen LogP contribution in [0.15, 0.2) is 24.8 Å². The van der Waals surface area contributed by atoms with Crippen molar-refractivity contribution in [2.75, 3.05) is 0 Å². The molecular weight excluding hydrogens is 193 g/mol. The quantitative estimate of drug-likeness (QED) is 0.416. The standard InChI is InChI=1S/C10H7F3O/c1-2-3-9(14)7-4-6(11)5-8(12)10(7)13/h2,4-5H,1,3H2. The zero-order chi connectivity index (χ0) is 10.7. The summed E-state index contributed by atoms with van der Waals surface area (Å²) in [4.78, 5) is 11.1. The van der Waals surface area contributed by atoms with Crippen molar-refractivity contribution in [2.45, 2.75) is 6.42 Å². The smallest absolute Gasteiger partial charge is 0.169 e. The van der Waals surface area contributed by atoms with Crippen molar-refractivity contribution in [3.63, 3.8) is 0 Å². The van der Waals surface area contributed by atoms with Gasteiger partial charge in [-0.1, -0.05) is 6.08 Å². The minimum Gasteiger partial charge on any atom is -0.294 e. The highest BCUT2D eigenvalue weighted by molar-refractivity contribution is 5.97. The molecule has 0 fully saturated rings. The average Bonchev–Trinajstić information content (AvgIpc) is 2.11. The van der Waals surface area contributed by atoms with E-state index < -0.39 is 28.8 Å². The highest BCUT2D eigenvalue weighted by Crippen LogP contribution is 2.15. The second kappa shape index (κ2) is 4.09. The largest absolute Gasteiger partial charge is 0.294 e. The molecule has 1 rings (SSSR count). The third-order valence-electron chi connectivity index (χ3n) is 1.62. The van der Waals surface area contributed by atoms with Crippen molar-refractivity contribution in [1.29, 1.82) is 0 Å². The lowest BCUT2D eigenvalue weighted by atomic mass is 10.1. The van der Waals surface area contributed by atoms with E-state index in [1.54, 1.807) is 0 Å². The first-order valence-electron chi connectivity index (χ1n) is 3.85. The van der Waals surface area contributed by atoms with Crippen molar-refractivity contribution in [1.82, 2.24) is 0 Å². The molecule has 0 atom stereocenters. The van der Waals surface area contributed by atoms with Gasteiger partial charge in [0.15, 0.2) is 17.4 Å². The van der Waals surface area contributed by atoms with Gasteiger partial charge in [0.1, 0.15) is 5.82 Å². The summed E-state index contributed by atoms with van der Waals surface area (Å²) in [5, 5.41) is 0. The van der Waals surface area contributed by atoms with Gasteiger partial charge in [0.2, 0.25) is 0 Å². The summed E-state index contributed by atoms with van der Waals surface area (Å²) in [6.45, 7) is 3.27. The zero-order valence-corrected chi connectivity index (χ0v) is 7.19. The van der Waals surface area contributed by atoms with Crippen LogP contribution in [-0.2, 0) is 0 Å². The van der Waals surface area contributed by atoms with Gasteiger partial charge in [-0.3, -0.25) is 4.79 Å². The summed E-state index contributed by atoms with van der Waals surface area (Å²) in [6, 6.07) is 1.06. The first-order chi connectivity index (χ1) is 6.56. The number of Topliss-reactive ketones (excluding diaryl/α,β-unsaturated/α-hetero) is 1. The van der Waals surface area contributed by atoms with E-state index >= 15 is 0 Å². The second-order valence-electron chi connectivity index (χ2n) is 2.67. The minimum absolute atomic E-state index is 0.153. The molecule has 0 N–H and O–H groups in total. The van der Waals surface area contributed by atoms with Gasteiger partial charge < -0.3 is 0 Å². The van der Waals surface area contributed by atoms with Crippen LogP contribution in [0.3, 0.4) is 0 Å². The highest BCUT2D eigenvalue weighted by Gasteiger charge is 2.16. The molecule has 0 aliphatic carbocycles. The number of rotatable bonds is 3. The SMILES string of the molecule is C=CCC(=O)c1cc(F)cc(F)c1F. The molecule has 0 heterocycles. The van der Waals surface area contributed by atoms with Crippen molar-refractivity contribution in [2.24, 2.45) is 0 Å². The molecule has 1 aromatic rings. The predicted octanol–water partition coefficient (Wildman–Crippen LogP) is 2.86. The Kier molecular flexibility index (Phi) is 3.06. The molecule has 1 aromatic carbocycles. The fourth-order valence-corrected chi connectivity index (χ4v) is 1.000. The van der Waals surface area contributed by atoms with Gasteiger partial charge in [0.25, 0.3) is 0 Å². The topological polar surface area (TPSA) is 17.1 Å². The molecular formula is C10H7F3O. The third kappa shape index (κ3) is 2.02. The van der Waals surface area contributed by atoms with E-state index in [1.807, 2.05) is 0 Å². The van der Waals surface area contributed by atoms with E-state index in [0.717, 1.165) is 0 Å². The summed E-state index contributed by atoms with van der Waals surface area (Å²) in [5.41, 5.74) is -0.581. The van der Waals surface area contributed by atoms with Crippen LogP contribution in [0.25, 0.3) is 0 Å². The molecule has 0 bridgehead atoms. The Labute approximate surface area is 78.9 Å². The first kappa shape index (κ1) is 10.5. The van der Waals surface area contributed by atoms with E-state index in [4.69, 9.17) is 0 Å². The molecule has 4 heteroatoms. The molecule has 0 saturated heterocycles. The lowest BCUT2D eigenvalue weighted by molar-refractivity contribution is 0.0990. The van der Waals surface area contributed by atoms with Crippen molar-refractivity contribution < 1.29 is 18.0 Å². The molecule has 0 radical (unpaired) electrons. The molecule has 74 valence electrons. The number of carbonyl (C=O) groups is 1. The highest BCUT2D eigenvalue weighted by atomic mass is 19.2. The summed E-state index contributed by atoms with van der Waals surface area (Å²) in [6.07, 6.45) is 1.09. The summed E-state index contributed by atoms with van der Waals surface area (Å²) >= 11 is 0. The number of hydrogen-bond donors (Lipinski definition) is 0. The van der Waals surface area contributed by atoms with Gasteiger partial charge in [-0.15, -0.1) is 6.58 Å². The summed E-state index contributed by atoms with van der Waals surface area (Å²) in [7, 11) is 0. The number of hydrogen-bond acceptors (Lipinski definition) is 1. The Bertz CT molecular complexity index is 385. The average molecular weight is 200 g/mol. The van der Waals surface area contributed by atoms with E-state index in [9.17, 15) is 18.0 Å². The monoisotopic (exact) mass is 200 g/mol. The molecule has 0 spiro atoms. The van der Waals surface area contributed by atoms with Crippen molar-refractivity contribution in [3.05, 3.63) is 47.8 Å². The number of ketones is 1. The van der Waals surface area contributed by atoms with Crippen LogP contribution in [0, 0.1) is 17.5 Å². The summed E-state index contributed by atoms with van der Waals surface area (Å²) in [5.74, 6) is -4.36. The van der Waals surface area contributed by atoms with E-state index in [0.29, 0.717) is 12.1 Å². The number of benzene rings is 1. The molecule has 0 unspecified atom stereocenters. The fourth-order valence-electron chi connectivity index (χ4n) is 1.000. The Morgan fingerprint density at radius 3 is 2.57 bits per heavy atom. The first-order valence-corrected chi connectivity index (χ1v) is 3.85. The lowest BCUT2D eigenvalue weighted by Gasteiger charge is -2.01. The maximum Gasteiger partial charge on any atom is 0.169 e. The number of carbonyl (C=O) groups excluding carboxylic acids is 1. The Morgan fingerprint density at radius 2 is 2.00 bits per heavy atom. The lowest BCUT2D eigenvalue weighted by Crippen LogP contribution is -2.04. The van der Waals surface area contributed by atoms with Gasteiger partial charge in [-0.25, -0.2) is 13.2 Å². The molecule has 0 amide bonds. The van der Waals surface area contributed by atoms with Crippen LogP contribution in [0.5, 0.6) is 0 Å². The number of allylic oxidation sites excluding steroid dienone is 1. The molecule has 0 aliphatic heterocycles. The third-order valence-corrected chi connectivity index (χ3v) is 1.62. The normalized spacial score (nSPS) is 9.93. The van der Waals surface area contributed by atoms with Crippen molar-refractivity contribution in [3.8, 4) is 0 Å². The second-order valence-corrected chi connectivity index (χ2v) is 2.67. The van der Waals surface area contributed by atoms with Gasteiger partial charge >= 0.3 is 0 Å². The van der Waals surface area contributed by atoms with E-state index in [2.05, 4.69) is 6.58 Å². The molecule has 0 saturated carbocycles. The van der Waals surface area contributed by atoms with Crippen molar-refractivity contribution >= 4 is 5.78 Å². The maximum atomic E-state index is 13.0. The van der Waals surface area contributed by atoms with Crippen LogP contribution in [0.1, 0.15) is 16.8 Å². The molecule has 0 aromatic heterocycles. The van der Waals surface area contributed by atoms with Gasteiger partial charge in [0.05, 0.1) is 5.56 Å². The molecule has 1 nitrogen and oxygen atoms in total. The van der Waals surface area contributed by atoms with Gasteiger partial charge in [0, 0.05) is 12.5 Å². The summed E-state index contributed by atoms with van der Waals surface area (Å²) < 4.78 is 38.2. The fraction of sp³-hybridized carbons (Fsp3) is 0.100. The van der Waals surface area contributed by atoms with Gasteiger partial charge in [-0.2, -0.15) is 0 Å². The minimum atomic E-state index is -1.36. The van der Waals surface area contributed by atoms with Crippen LogP contribution in [0.4, 0.5) is 13.2 Å². The predicted molar refractivity (Wildman–Crippen MR) is 45.5 cm³/mol. The number of halogens is 3. The zero-order valence-electron chi connectivity index (χ0n) is 7.19. The maximum absolute atomic E-state index is 13.0. The van der Waals surface area contributed by atoms with Crippen LogP contribution in [-0.4, -0.2) is 5.78 Å². The van der Waals surface area contributed by atoms with E-state index in [1.165, 1.54) is 6.08 Å². The van der Waals surface area contributed by atoms with Crippen LogP contribution in [0.2, 0.25) is 0 Å². The van der Waals surface area contributed by atoms with E-state index in [-0.39, 0.29) is 6.42 Å². The molecule has 14 heavy (non-hydrogen) atoms.